The van der Waals surface area contributed by atoms with E-state index in [-0.39, 0.29) is 0 Å². The highest BCUT2D eigenvalue weighted by Crippen LogP contribution is 2.22. The highest BCUT2D eigenvalue weighted by atomic mass is 35.5. The first-order valence-corrected chi connectivity index (χ1v) is 3.72. The molecule has 12 heavy (non-hydrogen) atoms. The lowest BCUT2D eigenvalue weighted by molar-refractivity contribution is 1.33. The van der Waals surface area contributed by atoms with Crippen molar-refractivity contribution < 1.29 is 0 Å². The van der Waals surface area contributed by atoms with Gasteiger partial charge in [0.25, 0.3) is 0 Å². The van der Waals surface area contributed by atoms with Crippen molar-refractivity contribution in [2.75, 3.05) is 0 Å². The number of nitriles is 1. The third-order valence-corrected chi connectivity index (χ3v) is 1.97. The Morgan fingerprint density at radius 1 is 1.58 bits per heavy atom. The number of aromatic nitrogens is 2. The largest absolute Gasteiger partial charge is 0.360 e. The van der Waals surface area contributed by atoms with Gasteiger partial charge >= 0.3 is 0 Å². The average Bonchev–Trinajstić information content (AvgIpc) is 2.54. The van der Waals surface area contributed by atoms with E-state index in [9.17, 15) is 0 Å². The van der Waals surface area contributed by atoms with E-state index in [1.807, 2.05) is 6.07 Å². The van der Waals surface area contributed by atoms with Crippen LogP contribution in [0.5, 0.6) is 0 Å². The van der Waals surface area contributed by atoms with Gasteiger partial charge in [0.15, 0.2) is 0 Å². The molecule has 0 spiro atoms. The van der Waals surface area contributed by atoms with E-state index in [0.29, 0.717) is 10.7 Å². The molecule has 0 unspecified atom stereocenters. The van der Waals surface area contributed by atoms with Gasteiger partial charge in [-0.2, -0.15) is 5.26 Å². The molecule has 0 aliphatic carbocycles. The molecule has 0 saturated carbocycles. The molecule has 1 N–H and O–H groups in total. The zero-order chi connectivity index (χ0) is 8.55. The monoisotopic (exact) mass is 177 g/mol. The summed E-state index contributed by atoms with van der Waals surface area (Å²) in [5, 5.41) is 9.90. The van der Waals surface area contributed by atoms with Crippen LogP contribution in [0.1, 0.15) is 5.56 Å². The topological polar surface area (TPSA) is 52.5 Å². The number of hydrogen-bond acceptors (Lipinski definition) is 2. The Labute approximate surface area is 73.6 Å². The number of fused-ring (bicyclic) bond motifs is 1. The van der Waals surface area contributed by atoms with Gasteiger partial charge in [0.2, 0.25) is 0 Å². The van der Waals surface area contributed by atoms with E-state index < -0.39 is 0 Å². The molecular formula is C8H4ClN3. The van der Waals surface area contributed by atoms with Crippen molar-refractivity contribution in [3.63, 3.8) is 0 Å². The van der Waals surface area contributed by atoms with Crippen LogP contribution < -0.4 is 0 Å². The quantitative estimate of drug-likeness (QED) is 0.627. The Kier molecular flexibility index (Phi) is 1.49. The van der Waals surface area contributed by atoms with Gasteiger partial charge in [-0.1, -0.05) is 11.6 Å². The zero-order valence-corrected chi connectivity index (χ0v) is 6.76. The fourth-order valence-corrected chi connectivity index (χ4v) is 1.31. The summed E-state index contributed by atoms with van der Waals surface area (Å²) in [5.41, 5.74) is 1.26. The van der Waals surface area contributed by atoms with Crippen LogP contribution in [0, 0.1) is 11.3 Å². The number of halogens is 1. The molecule has 2 rings (SSSR count). The minimum atomic E-state index is 0.422. The summed E-state index contributed by atoms with van der Waals surface area (Å²) in [6.45, 7) is 0. The molecule has 2 heterocycles. The van der Waals surface area contributed by atoms with Crippen LogP contribution in [-0.4, -0.2) is 9.97 Å². The van der Waals surface area contributed by atoms with Crippen molar-refractivity contribution in [3.05, 3.63) is 29.2 Å². The molecule has 0 aromatic carbocycles. The van der Waals surface area contributed by atoms with Crippen molar-refractivity contribution in [3.8, 4) is 6.07 Å². The van der Waals surface area contributed by atoms with Crippen LogP contribution >= 0.6 is 11.6 Å². The summed E-state index contributed by atoms with van der Waals surface area (Å²) >= 11 is 5.79. The molecule has 4 heteroatoms. The number of hydrogen-bond donors (Lipinski definition) is 1. The Bertz CT molecular complexity index is 467. The summed E-state index contributed by atoms with van der Waals surface area (Å²) in [6, 6.07) is 3.83. The second kappa shape index (κ2) is 2.50. The molecule has 2 aromatic rings. The lowest BCUT2D eigenvalue weighted by Gasteiger charge is -1.93. The fraction of sp³-hybridized carbons (Fsp3) is 0. The molecular weight excluding hydrogens is 174 g/mol. The number of aromatic amines is 1. The van der Waals surface area contributed by atoms with Gasteiger partial charge in [-0.25, -0.2) is 4.98 Å². The molecule has 0 radical (unpaired) electrons. The van der Waals surface area contributed by atoms with Gasteiger partial charge in [0.05, 0.1) is 11.1 Å². The van der Waals surface area contributed by atoms with Gasteiger partial charge in [0, 0.05) is 17.8 Å². The number of H-pyrrole nitrogens is 1. The smallest absolute Gasteiger partial charge is 0.138 e. The van der Waals surface area contributed by atoms with Crippen LogP contribution in [0.2, 0.25) is 5.15 Å². The van der Waals surface area contributed by atoms with Crippen LogP contribution in [0.3, 0.4) is 0 Å². The number of pyridine rings is 1. The van der Waals surface area contributed by atoms with Gasteiger partial charge in [0.1, 0.15) is 11.2 Å². The maximum absolute atomic E-state index is 8.69. The molecule has 0 aliphatic heterocycles. The molecule has 0 amide bonds. The molecule has 0 saturated heterocycles. The van der Waals surface area contributed by atoms with Crippen molar-refractivity contribution in [2.24, 2.45) is 0 Å². The fourth-order valence-electron chi connectivity index (χ4n) is 1.10. The summed E-state index contributed by atoms with van der Waals surface area (Å²) in [5.74, 6) is 0. The third-order valence-electron chi connectivity index (χ3n) is 1.67. The Morgan fingerprint density at radius 3 is 3.17 bits per heavy atom. The maximum Gasteiger partial charge on any atom is 0.138 e. The Hall–Kier alpha value is -1.53. The molecule has 0 aliphatic rings. The predicted octanol–water partition coefficient (Wildman–Crippen LogP) is 2.09. The second-order valence-electron chi connectivity index (χ2n) is 2.34. The van der Waals surface area contributed by atoms with E-state index in [2.05, 4.69) is 9.97 Å². The highest BCUT2D eigenvalue weighted by Gasteiger charge is 2.05. The van der Waals surface area contributed by atoms with E-state index in [1.54, 1.807) is 12.3 Å². The normalized spacial score (nSPS) is 10.0. The van der Waals surface area contributed by atoms with Gasteiger partial charge < -0.3 is 4.98 Å². The summed E-state index contributed by atoms with van der Waals surface area (Å²) in [6.07, 6.45) is 3.19. The molecule has 0 atom stereocenters. The standard InChI is InChI=1S/C8H4ClN3/c9-8-6-1-2-11-7(6)5(3-10)4-12-8/h1-2,4,11H. The van der Waals surface area contributed by atoms with E-state index in [0.717, 1.165) is 10.9 Å². The van der Waals surface area contributed by atoms with Gasteiger partial charge in [-0.3, -0.25) is 0 Å². The van der Waals surface area contributed by atoms with Crippen molar-refractivity contribution in [1.82, 2.24) is 9.97 Å². The van der Waals surface area contributed by atoms with Crippen LogP contribution in [0.4, 0.5) is 0 Å². The number of rotatable bonds is 0. The molecule has 3 nitrogen and oxygen atoms in total. The van der Waals surface area contributed by atoms with Gasteiger partial charge in [-0.15, -0.1) is 0 Å². The summed E-state index contributed by atoms with van der Waals surface area (Å²) in [7, 11) is 0. The van der Waals surface area contributed by atoms with Crippen LogP contribution in [0.15, 0.2) is 18.5 Å². The Balaban J connectivity index is 2.94. The zero-order valence-electron chi connectivity index (χ0n) is 6.00. The van der Waals surface area contributed by atoms with Crippen LogP contribution in [0.25, 0.3) is 10.9 Å². The van der Waals surface area contributed by atoms with Crippen molar-refractivity contribution in [2.45, 2.75) is 0 Å². The van der Waals surface area contributed by atoms with E-state index in [1.165, 1.54) is 6.20 Å². The molecule has 0 bridgehead atoms. The predicted molar refractivity (Wildman–Crippen MR) is 45.8 cm³/mol. The SMILES string of the molecule is N#Cc1cnc(Cl)c2cc[nH]c12. The maximum atomic E-state index is 8.69. The highest BCUT2D eigenvalue weighted by molar-refractivity contribution is 6.34. The lowest BCUT2D eigenvalue weighted by Crippen LogP contribution is -1.82. The van der Waals surface area contributed by atoms with Gasteiger partial charge in [-0.05, 0) is 6.07 Å². The minimum Gasteiger partial charge on any atom is -0.360 e. The summed E-state index contributed by atoms with van der Waals surface area (Å²) < 4.78 is 0. The number of nitrogens with zero attached hydrogens (tertiary/aromatic N) is 2. The van der Waals surface area contributed by atoms with E-state index in [4.69, 9.17) is 16.9 Å². The summed E-state index contributed by atoms with van der Waals surface area (Å²) in [4.78, 5) is 6.81. The van der Waals surface area contributed by atoms with Crippen molar-refractivity contribution in [1.29, 1.82) is 5.26 Å². The average molecular weight is 178 g/mol. The first kappa shape index (κ1) is 7.14. The van der Waals surface area contributed by atoms with Crippen molar-refractivity contribution >= 4 is 22.5 Å². The number of nitrogens with one attached hydrogen (secondary N) is 1. The second-order valence-corrected chi connectivity index (χ2v) is 2.70. The first-order chi connectivity index (χ1) is 5.83. The van der Waals surface area contributed by atoms with E-state index >= 15 is 0 Å². The molecule has 0 fully saturated rings. The Morgan fingerprint density at radius 2 is 2.42 bits per heavy atom. The lowest BCUT2D eigenvalue weighted by atomic mass is 10.2. The molecule has 58 valence electrons. The third kappa shape index (κ3) is 0.858. The first-order valence-electron chi connectivity index (χ1n) is 3.34. The minimum absolute atomic E-state index is 0.422. The van der Waals surface area contributed by atoms with Crippen LogP contribution in [-0.2, 0) is 0 Å². The molecule has 2 aromatic heterocycles.